The van der Waals surface area contributed by atoms with Gasteiger partial charge < -0.3 is 20.7 Å². The molecule has 2 aromatic heterocycles. The lowest BCUT2D eigenvalue weighted by molar-refractivity contribution is -0.0118. The minimum absolute atomic E-state index is 0.0936. The highest BCUT2D eigenvalue weighted by molar-refractivity contribution is 5.70. The molecule has 0 radical (unpaired) electrons. The molecule has 94 valence electrons. The first-order valence-electron chi connectivity index (χ1n) is 5.24. The summed E-state index contributed by atoms with van der Waals surface area (Å²) in [6, 6.07) is 0. The van der Waals surface area contributed by atoms with Crippen molar-refractivity contribution >= 4 is 17.1 Å². The molecule has 4 N–H and O–H groups in total. The van der Waals surface area contributed by atoms with Crippen molar-refractivity contribution in [3.63, 3.8) is 0 Å². The summed E-state index contributed by atoms with van der Waals surface area (Å²) in [4.78, 5) is 11.9. The summed E-state index contributed by atoms with van der Waals surface area (Å²) in [5.41, 5.74) is 6.45. The smallest absolute Gasteiger partial charge is 0.222 e. The monoisotopic (exact) mass is 249 g/mol. The van der Waals surface area contributed by atoms with E-state index in [1.54, 1.807) is 0 Å². The standard InChI is InChI=1S/C10H11N5O3/c1-4-6(16)7(17)9(18-4)15-3-13-5-2-12-10(11)14-8(5)15/h2-3,6-7,9,16-17H,1H2,(H2,11,12,14)/t6-,7-,9-/m1/s1. The Morgan fingerprint density at radius 2 is 2.17 bits per heavy atom. The maximum Gasteiger partial charge on any atom is 0.222 e. The van der Waals surface area contributed by atoms with Gasteiger partial charge >= 0.3 is 0 Å². The first kappa shape index (κ1) is 10.9. The van der Waals surface area contributed by atoms with Crippen LogP contribution >= 0.6 is 0 Å². The fourth-order valence-electron chi connectivity index (χ4n) is 1.89. The number of aliphatic hydroxyl groups is 2. The molecular formula is C10H11N5O3. The highest BCUT2D eigenvalue weighted by Crippen LogP contribution is 2.32. The number of aliphatic hydroxyl groups excluding tert-OH is 2. The third-order valence-corrected chi connectivity index (χ3v) is 2.83. The van der Waals surface area contributed by atoms with Crippen LogP contribution in [0.25, 0.3) is 11.2 Å². The third-order valence-electron chi connectivity index (χ3n) is 2.83. The average molecular weight is 249 g/mol. The second kappa shape index (κ2) is 3.65. The molecule has 3 atom stereocenters. The third kappa shape index (κ3) is 1.43. The van der Waals surface area contributed by atoms with E-state index in [1.165, 1.54) is 17.1 Å². The zero-order valence-corrected chi connectivity index (χ0v) is 9.26. The van der Waals surface area contributed by atoms with Crippen molar-refractivity contribution in [2.75, 3.05) is 5.73 Å². The van der Waals surface area contributed by atoms with Crippen molar-refractivity contribution in [2.24, 2.45) is 0 Å². The molecule has 0 bridgehead atoms. The number of anilines is 1. The first-order chi connectivity index (χ1) is 8.58. The highest BCUT2D eigenvalue weighted by Gasteiger charge is 2.40. The van der Waals surface area contributed by atoms with E-state index in [1.807, 2.05) is 0 Å². The van der Waals surface area contributed by atoms with Crippen LogP contribution in [-0.2, 0) is 4.74 Å². The molecule has 0 spiro atoms. The van der Waals surface area contributed by atoms with Crippen molar-refractivity contribution in [1.82, 2.24) is 19.5 Å². The number of ether oxygens (including phenoxy) is 1. The second-order valence-electron chi connectivity index (χ2n) is 4.00. The molecule has 0 aliphatic carbocycles. The number of rotatable bonds is 1. The molecule has 1 saturated heterocycles. The van der Waals surface area contributed by atoms with Crippen molar-refractivity contribution in [3.05, 3.63) is 24.9 Å². The van der Waals surface area contributed by atoms with E-state index in [9.17, 15) is 10.2 Å². The van der Waals surface area contributed by atoms with Gasteiger partial charge in [0.05, 0.1) is 6.20 Å². The van der Waals surface area contributed by atoms with E-state index in [4.69, 9.17) is 10.5 Å². The van der Waals surface area contributed by atoms with Gasteiger partial charge in [-0.3, -0.25) is 4.57 Å². The Hall–Kier alpha value is -2.19. The molecule has 8 heteroatoms. The predicted molar refractivity (Wildman–Crippen MR) is 61.0 cm³/mol. The van der Waals surface area contributed by atoms with Gasteiger partial charge in [0, 0.05) is 0 Å². The largest absolute Gasteiger partial charge is 0.469 e. The van der Waals surface area contributed by atoms with Crippen LogP contribution in [0, 0.1) is 0 Å². The lowest BCUT2D eigenvalue weighted by Gasteiger charge is -2.15. The van der Waals surface area contributed by atoms with Crippen molar-refractivity contribution < 1.29 is 14.9 Å². The summed E-state index contributed by atoms with van der Waals surface area (Å²) in [5, 5.41) is 19.5. The molecule has 1 aliphatic rings. The van der Waals surface area contributed by atoms with Gasteiger partial charge in [0.15, 0.2) is 5.65 Å². The fraction of sp³-hybridized carbons (Fsp3) is 0.300. The number of nitrogen functional groups attached to an aromatic ring is 1. The van der Waals surface area contributed by atoms with Crippen LogP contribution < -0.4 is 5.73 Å². The number of nitrogens with zero attached hydrogens (tertiary/aromatic N) is 4. The van der Waals surface area contributed by atoms with Crippen LogP contribution in [0.15, 0.2) is 24.9 Å². The van der Waals surface area contributed by atoms with Crippen molar-refractivity contribution in [3.8, 4) is 0 Å². The van der Waals surface area contributed by atoms with Gasteiger partial charge in [-0.15, -0.1) is 0 Å². The Labute approximate surface area is 101 Å². The van der Waals surface area contributed by atoms with Crippen molar-refractivity contribution in [2.45, 2.75) is 18.4 Å². The maximum atomic E-state index is 9.87. The van der Waals surface area contributed by atoms with E-state index in [-0.39, 0.29) is 11.7 Å². The fourth-order valence-corrected chi connectivity index (χ4v) is 1.89. The SMILES string of the molecule is C=C1O[C@@H](n2cnc3cnc(N)nc32)[C@H](O)[C@@H]1O. The summed E-state index contributed by atoms with van der Waals surface area (Å²) in [6.07, 6.45) is -0.178. The number of fused-ring (bicyclic) bond motifs is 1. The molecule has 3 rings (SSSR count). The van der Waals surface area contributed by atoms with E-state index < -0.39 is 18.4 Å². The Morgan fingerprint density at radius 1 is 1.39 bits per heavy atom. The summed E-state index contributed by atoms with van der Waals surface area (Å²) in [5.74, 6) is 0.201. The van der Waals surface area contributed by atoms with Crippen molar-refractivity contribution in [1.29, 1.82) is 0 Å². The number of aromatic nitrogens is 4. The summed E-state index contributed by atoms with van der Waals surface area (Å²) in [6.45, 7) is 3.52. The molecule has 3 heterocycles. The second-order valence-corrected chi connectivity index (χ2v) is 4.00. The van der Waals surface area contributed by atoms with Gasteiger partial charge in [0.1, 0.15) is 29.8 Å². The molecule has 0 aromatic carbocycles. The van der Waals surface area contributed by atoms with Crippen LogP contribution in [0.2, 0.25) is 0 Å². The zero-order valence-electron chi connectivity index (χ0n) is 9.26. The first-order valence-corrected chi connectivity index (χ1v) is 5.24. The number of nitrogens with two attached hydrogens (primary N) is 1. The van der Waals surface area contributed by atoms with Gasteiger partial charge in [0.2, 0.25) is 12.2 Å². The molecule has 0 unspecified atom stereocenters. The molecular weight excluding hydrogens is 238 g/mol. The summed E-state index contributed by atoms with van der Waals surface area (Å²) >= 11 is 0. The van der Waals surface area contributed by atoms with E-state index in [0.29, 0.717) is 11.2 Å². The predicted octanol–water partition coefficient (Wildman–Crippen LogP) is -0.827. The molecule has 0 amide bonds. The normalized spacial score (nSPS) is 27.7. The molecule has 8 nitrogen and oxygen atoms in total. The van der Waals surface area contributed by atoms with Gasteiger partial charge in [-0.2, -0.15) is 4.98 Å². The number of hydrogen-bond donors (Lipinski definition) is 3. The molecule has 2 aromatic rings. The van der Waals surface area contributed by atoms with Crippen LogP contribution in [0.4, 0.5) is 5.95 Å². The minimum Gasteiger partial charge on any atom is -0.469 e. The summed E-state index contributed by atoms with van der Waals surface area (Å²) < 4.78 is 6.79. The molecule has 18 heavy (non-hydrogen) atoms. The topological polar surface area (TPSA) is 119 Å². The van der Waals surface area contributed by atoms with E-state index in [0.717, 1.165) is 0 Å². The van der Waals surface area contributed by atoms with Crippen LogP contribution in [0.1, 0.15) is 6.23 Å². The lowest BCUT2D eigenvalue weighted by Crippen LogP contribution is -2.27. The van der Waals surface area contributed by atoms with Gasteiger partial charge in [-0.05, 0) is 0 Å². The van der Waals surface area contributed by atoms with Crippen LogP contribution in [0.3, 0.4) is 0 Å². The maximum absolute atomic E-state index is 9.87. The van der Waals surface area contributed by atoms with E-state index in [2.05, 4.69) is 21.5 Å². The molecule has 1 aliphatic heterocycles. The molecule has 1 fully saturated rings. The Morgan fingerprint density at radius 3 is 2.83 bits per heavy atom. The van der Waals surface area contributed by atoms with Crippen LogP contribution in [-0.4, -0.2) is 41.9 Å². The highest BCUT2D eigenvalue weighted by atomic mass is 16.5. The quantitative estimate of drug-likeness (QED) is 0.603. The lowest BCUT2D eigenvalue weighted by atomic mass is 10.2. The number of imidazole rings is 1. The van der Waals surface area contributed by atoms with Crippen LogP contribution in [0.5, 0.6) is 0 Å². The Bertz CT molecular complexity index is 625. The van der Waals surface area contributed by atoms with Gasteiger partial charge in [0.25, 0.3) is 0 Å². The summed E-state index contributed by atoms with van der Waals surface area (Å²) in [7, 11) is 0. The van der Waals surface area contributed by atoms with Gasteiger partial charge in [-0.25, -0.2) is 9.97 Å². The Kier molecular flexibility index (Phi) is 2.22. The van der Waals surface area contributed by atoms with Gasteiger partial charge in [-0.1, -0.05) is 6.58 Å². The molecule has 0 saturated carbocycles. The number of hydrogen-bond acceptors (Lipinski definition) is 7. The van der Waals surface area contributed by atoms with E-state index >= 15 is 0 Å². The minimum atomic E-state index is -1.13. The Balaban J connectivity index is 2.10. The average Bonchev–Trinajstić information content (AvgIpc) is 2.86. The zero-order chi connectivity index (χ0) is 12.9.